The molecule has 0 radical (unpaired) electrons. The first-order valence-electron chi connectivity index (χ1n) is 3.12. The molecule has 0 saturated heterocycles. The maximum absolute atomic E-state index is 10.6. The zero-order valence-electron chi connectivity index (χ0n) is 6.64. The standard InChI is InChI=1S/C7H15NO/c1-6(8(5)9)7(2,3)4/h6H,5H2,1-4H3. The van der Waals surface area contributed by atoms with Crippen molar-refractivity contribution < 1.29 is 4.74 Å². The van der Waals surface area contributed by atoms with E-state index in [1.165, 1.54) is 0 Å². The molecule has 0 aromatic carbocycles. The molecule has 1 atom stereocenters. The molecule has 0 rings (SSSR count). The van der Waals surface area contributed by atoms with Gasteiger partial charge in [-0.05, 0) is 6.92 Å². The lowest BCUT2D eigenvalue weighted by molar-refractivity contribution is -0.506. The molecule has 0 heterocycles. The highest BCUT2D eigenvalue weighted by atomic mass is 16.5. The average molecular weight is 129 g/mol. The van der Waals surface area contributed by atoms with Crippen LogP contribution in [-0.2, 0) is 0 Å². The molecule has 0 aliphatic heterocycles. The highest BCUT2D eigenvalue weighted by molar-refractivity contribution is 5.15. The molecular formula is C7H15NO. The van der Waals surface area contributed by atoms with Crippen LogP contribution in [0.25, 0.3) is 0 Å². The minimum atomic E-state index is -0.0162. The summed E-state index contributed by atoms with van der Waals surface area (Å²) in [6, 6.07) is -0.0162. The van der Waals surface area contributed by atoms with Crippen molar-refractivity contribution >= 4 is 6.72 Å². The molecule has 0 aromatic heterocycles. The summed E-state index contributed by atoms with van der Waals surface area (Å²) >= 11 is 0. The van der Waals surface area contributed by atoms with Crippen molar-refractivity contribution in [3.63, 3.8) is 0 Å². The SMILES string of the molecule is C=[N+]([O-])C(C)C(C)(C)C. The molecule has 9 heavy (non-hydrogen) atoms. The monoisotopic (exact) mass is 129 g/mol. The second-order valence-corrected chi connectivity index (χ2v) is 3.46. The van der Waals surface area contributed by atoms with Gasteiger partial charge in [-0.1, -0.05) is 20.8 Å². The molecule has 0 spiro atoms. The Balaban J connectivity index is 4.04. The Labute approximate surface area is 56.8 Å². The second-order valence-electron chi connectivity index (χ2n) is 3.46. The third kappa shape index (κ3) is 2.49. The minimum absolute atomic E-state index is 0.0162. The predicted molar refractivity (Wildman–Crippen MR) is 39.7 cm³/mol. The maximum atomic E-state index is 10.6. The van der Waals surface area contributed by atoms with Gasteiger partial charge in [-0.15, -0.1) is 0 Å². The largest absolute Gasteiger partial charge is 0.624 e. The van der Waals surface area contributed by atoms with Gasteiger partial charge in [0.05, 0.1) is 0 Å². The van der Waals surface area contributed by atoms with Gasteiger partial charge in [-0.25, -0.2) is 4.74 Å². The summed E-state index contributed by atoms with van der Waals surface area (Å²) in [4.78, 5) is 0. The smallest absolute Gasteiger partial charge is 0.164 e. The van der Waals surface area contributed by atoms with E-state index in [9.17, 15) is 5.21 Å². The van der Waals surface area contributed by atoms with E-state index in [4.69, 9.17) is 0 Å². The van der Waals surface area contributed by atoms with Crippen LogP contribution < -0.4 is 0 Å². The lowest BCUT2D eigenvalue weighted by Crippen LogP contribution is -2.31. The third-order valence-corrected chi connectivity index (χ3v) is 1.69. The van der Waals surface area contributed by atoms with Crippen LogP contribution in [0.4, 0.5) is 0 Å². The van der Waals surface area contributed by atoms with Crippen LogP contribution in [0.5, 0.6) is 0 Å². The van der Waals surface area contributed by atoms with Gasteiger partial charge in [0.2, 0.25) is 0 Å². The van der Waals surface area contributed by atoms with E-state index in [1.807, 2.05) is 27.7 Å². The first-order chi connectivity index (χ1) is 3.85. The Kier molecular flexibility index (Phi) is 2.24. The number of hydrogen-bond acceptors (Lipinski definition) is 1. The second kappa shape index (κ2) is 2.38. The molecule has 54 valence electrons. The molecule has 0 amide bonds. The summed E-state index contributed by atoms with van der Waals surface area (Å²) in [7, 11) is 0. The molecule has 0 aliphatic rings. The van der Waals surface area contributed by atoms with Gasteiger partial charge in [0, 0.05) is 5.41 Å². The van der Waals surface area contributed by atoms with E-state index in [2.05, 4.69) is 6.72 Å². The topological polar surface area (TPSA) is 26.1 Å². The van der Waals surface area contributed by atoms with Crippen LogP contribution in [0.2, 0.25) is 0 Å². The molecule has 0 N–H and O–H groups in total. The van der Waals surface area contributed by atoms with Crippen molar-refractivity contribution in [1.29, 1.82) is 0 Å². The molecule has 0 fully saturated rings. The van der Waals surface area contributed by atoms with Gasteiger partial charge in [0.25, 0.3) is 0 Å². The van der Waals surface area contributed by atoms with E-state index in [-0.39, 0.29) is 11.5 Å². The molecule has 2 nitrogen and oxygen atoms in total. The van der Waals surface area contributed by atoms with E-state index < -0.39 is 0 Å². The fourth-order valence-corrected chi connectivity index (χ4v) is 0.432. The molecule has 0 bridgehead atoms. The van der Waals surface area contributed by atoms with Gasteiger partial charge in [0.15, 0.2) is 6.04 Å². The zero-order chi connectivity index (χ0) is 7.65. The molecular weight excluding hydrogens is 114 g/mol. The maximum Gasteiger partial charge on any atom is 0.164 e. The van der Waals surface area contributed by atoms with Crippen LogP contribution in [0, 0.1) is 10.6 Å². The van der Waals surface area contributed by atoms with Gasteiger partial charge >= 0.3 is 0 Å². The number of hydrogen-bond donors (Lipinski definition) is 0. The number of rotatable bonds is 1. The predicted octanol–water partition coefficient (Wildman–Crippen LogP) is 1.63. The first kappa shape index (κ1) is 8.47. The minimum Gasteiger partial charge on any atom is -0.624 e. The highest BCUT2D eigenvalue weighted by Crippen LogP contribution is 2.20. The quantitative estimate of drug-likeness (QED) is 0.229. The van der Waals surface area contributed by atoms with E-state index in [0.717, 1.165) is 4.74 Å². The Morgan fingerprint density at radius 1 is 1.44 bits per heavy atom. The first-order valence-corrected chi connectivity index (χ1v) is 3.12. The van der Waals surface area contributed by atoms with E-state index in [0.29, 0.717) is 0 Å². The summed E-state index contributed by atoms with van der Waals surface area (Å²) in [5.74, 6) is 0. The fourth-order valence-electron chi connectivity index (χ4n) is 0.432. The normalized spacial score (nSPS) is 15.1. The van der Waals surface area contributed by atoms with Crippen LogP contribution in [-0.4, -0.2) is 17.5 Å². The van der Waals surface area contributed by atoms with Crippen molar-refractivity contribution in [2.24, 2.45) is 5.41 Å². The molecule has 2 heteroatoms. The lowest BCUT2D eigenvalue weighted by atomic mass is 9.88. The van der Waals surface area contributed by atoms with Gasteiger partial charge in [-0.3, -0.25) is 0 Å². The summed E-state index contributed by atoms with van der Waals surface area (Å²) in [6.45, 7) is 11.2. The third-order valence-electron chi connectivity index (χ3n) is 1.69. The van der Waals surface area contributed by atoms with Gasteiger partial charge in [-0.2, -0.15) is 0 Å². The summed E-state index contributed by atoms with van der Waals surface area (Å²) < 4.78 is 0.750. The van der Waals surface area contributed by atoms with Crippen molar-refractivity contribution in [3.05, 3.63) is 5.21 Å². The summed E-state index contributed by atoms with van der Waals surface area (Å²) in [6.07, 6.45) is 0. The highest BCUT2D eigenvalue weighted by Gasteiger charge is 2.25. The van der Waals surface area contributed by atoms with Crippen LogP contribution in [0.3, 0.4) is 0 Å². The van der Waals surface area contributed by atoms with E-state index >= 15 is 0 Å². The van der Waals surface area contributed by atoms with Crippen molar-refractivity contribution in [1.82, 2.24) is 0 Å². The van der Waals surface area contributed by atoms with Crippen molar-refractivity contribution in [3.8, 4) is 0 Å². The lowest BCUT2D eigenvalue weighted by Gasteiger charge is -2.24. The van der Waals surface area contributed by atoms with Gasteiger partial charge in [0.1, 0.15) is 6.72 Å². The van der Waals surface area contributed by atoms with Crippen LogP contribution in [0.15, 0.2) is 0 Å². The van der Waals surface area contributed by atoms with E-state index in [1.54, 1.807) is 0 Å². The Morgan fingerprint density at radius 2 is 1.78 bits per heavy atom. The Hall–Kier alpha value is -0.530. The van der Waals surface area contributed by atoms with Crippen molar-refractivity contribution in [2.45, 2.75) is 33.7 Å². The molecule has 0 aromatic rings. The fraction of sp³-hybridized carbons (Fsp3) is 0.857. The van der Waals surface area contributed by atoms with Crippen LogP contribution >= 0.6 is 0 Å². The molecule has 0 saturated carbocycles. The van der Waals surface area contributed by atoms with Crippen molar-refractivity contribution in [2.75, 3.05) is 0 Å². The number of nitrogens with zero attached hydrogens (tertiary/aromatic N) is 1. The summed E-state index contributed by atoms with van der Waals surface area (Å²) in [5.41, 5.74) is 0.0312. The average Bonchev–Trinajstić information content (AvgIpc) is 1.62. The Morgan fingerprint density at radius 3 is 1.78 bits per heavy atom. The summed E-state index contributed by atoms with van der Waals surface area (Å²) in [5, 5.41) is 10.6. The van der Waals surface area contributed by atoms with Gasteiger partial charge < -0.3 is 5.21 Å². The molecule has 1 unspecified atom stereocenters. The van der Waals surface area contributed by atoms with Crippen LogP contribution in [0.1, 0.15) is 27.7 Å². The molecule has 0 aliphatic carbocycles. The Bertz CT molecular complexity index is 113. The zero-order valence-corrected chi connectivity index (χ0v) is 6.64. The number of hydroxylamine groups is 1.